The number of pyridine rings is 2. The van der Waals surface area contributed by atoms with Gasteiger partial charge in [-0.1, -0.05) is 0 Å². The van der Waals surface area contributed by atoms with Crippen molar-refractivity contribution in [1.82, 2.24) is 20.2 Å². The lowest BCUT2D eigenvalue weighted by atomic mass is 10.1. The molecule has 1 fully saturated rings. The summed E-state index contributed by atoms with van der Waals surface area (Å²) in [5.74, 6) is 1.17. The Morgan fingerprint density at radius 1 is 1.14 bits per heavy atom. The summed E-state index contributed by atoms with van der Waals surface area (Å²) in [5, 5.41) is 6.91. The SMILES string of the molecule is Cc1cc(Oc2ccncc2)ccc1N1C(=O)Nc2c(C(=O)N[C@@H]3CCCN(C)C3)sc3nccc1c23. The predicted molar refractivity (Wildman–Crippen MR) is 144 cm³/mol. The molecule has 0 saturated carbocycles. The van der Waals surface area contributed by atoms with Crippen LogP contribution in [0.1, 0.15) is 28.1 Å². The summed E-state index contributed by atoms with van der Waals surface area (Å²) in [6, 6.07) is 10.7. The zero-order chi connectivity index (χ0) is 25.5. The van der Waals surface area contributed by atoms with Gasteiger partial charge < -0.3 is 20.3 Å². The molecule has 37 heavy (non-hydrogen) atoms. The fraction of sp³-hybridized carbons (Fsp3) is 0.259. The number of hydrogen-bond acceptors (Lipinski definition) is 7. The molecular formula is C27H26N6O3S. The average molecular weight is 515 g/mol. The van der Waals surface area contributed by atoms with E-state index >= 15 is 0 Å². The van der Waals surface area contributed by atoms with E-state index in [1.807, 2.05) is 31.2 Å². The molecule has 0 bridgehead atoms. The third-order valence-electron chi connectivity index (χ3n) is 6.71. The third kappa shape index (κ3) is 4.38. The van der Waals surface area contributed by atoms with E-state index in [2.05, 4.69) is 32.5 Å². The zero-order valence-corrected chi connectivity index (χ0v) is 21.3. The Morgan fingerprint density at radius 2 is 1.97 bits per heavy atom. The van der Waals surface area contributed by atoms with Gasteiger partial charge in [0.1, 0.15) is 21.2 Å². The van der Waals surface area contributed by atoms with E-state index in [-0.39, 0.29) is 18.0 Å². The van der Waals surface area contributed by atoms with Crippen LogP contribution in [0.5, 0.6) is 11.5 Å². The van der Waals surface area contributed by atoms with Crippen molar-refractivity contribution in [2.45, 2.75) is 25.8 Å². The molecule has 4 aromatic rings. The lowest BCUT2D eigenvalue weighted by molar-refractivity contribution is 0.0917. The molecule has 1 saturated heterocycles. The number of nitrogens with zero attached hydrogens (tertiary/aromatic N) is 4. The van der Waals surface area contributed by atoms with E-state index in [1.165, 1.54) is 11.3 Å². The number of thiophene rings is 1. The Balaban J connectivity index is 1.33. The van der Waals surface area contributed by atoms with E-state index in [1.54, 1.807) is 35.6 Å². The molecule has 0 aliphatic carbocycles. The van der Waals surface area contributed by atoms with Gasteiger partial charge in [-0.25, -0.2) is 9.78 Å². The molecule has 5 heterocycles. The number of ether oxygens (including phenoxy) is 1. The van der Waals surface area contributed by atoms with Gasteiger partial charge >= 0.3 is 6.03 Å². The first-order valence-electron chi connectivity index (χ1n) is 12.2. The Morgan fingerprint density at radius 3 is 2.76 bits per heavy atom. The molecule has 1 atom stereocenters. The third-order valence-corrected chi connectivity index (χ3v) is 7.80. The maximum absolute atomic E-state index is 13.5. The highest BCUT2D eigenvalue weighted by molar-refractivity contribution is 7.21. The topological polar surface area (TPSA) is 99.7 Å². The Kier molecular flexibility index (Phi) is 5.97. The second-order valence-electron chi connectivity index (χ2n) is 9.39. The number of likely N-dealkylation sites (N-methyl/N-ethyl adjacent to an activating group) is 1. The Bertz CT molecular complexity index is 1510. The number of hydrogen-bond donors (Lipinski definition) is 2. The second kappa shape index (κ2) is 9.45. The second-order valence-corrected chi connectivity index (χ2v) is 10.4. The number of piperidine rings is 1. The normalized spacial score (nSPS) is 17.5. The first kappa shape index (κ1) is 23.4. The van der Waals surface area contributed by atoms with Gasteiger partial charge in [-0.3, -0.25) is 14.7 Å². The number of likely N-dealkylation sites (tertiary alicyclic amines) is 1. The zero-order valence-electron chi connectivity index (χ0n) is 20.5. The maximum atomic E-state index is 13.5. The minimum atomic E-state index is -0.323. The highest BCUT2D eigenvalue weighted by Crippen LogP contribution is 2.46. The average Bonchev–Trinajstić information content (AvgIpc) is 3.25. The van der Waals surface area contributed by atoms with Gasteiger partial charge in [-0.05, 0) is 75.3 Å². The molecule has 3 aromatic heterocycles. The first-order chi connectivity index (χ1) is 18.0. The van der Waals surface area contributed by atoms with E-state index in [0.29, 0.717) is 32.6 Å². The molecule has 2 aliphatic heterocycles. The van der Waals surface area contributed by atoms with Gasteiger partial charge in [-0.15, -0.1) is 11.3 Å². The van der Waals surface area contributed by atoms with Crippen LogP contribution < -0.4 is 20.3 Å². The fourth-order valence-corrected chi connectivity index (χ4v) is 6.03. The highest BCUT2D eigenvalue weighted by Gasteiger charge is 2.34. The minimum absolute atomic E-state index is 0.0856. The van der Waals surface area contributed by atoms with Crippen LogP contribution in [0.3, 0.4) is 0 Å². The molecule has 2 aliphatic rings. The van der Waals surface area contributed by atoms with Crippen molar-refractivity contribution in [2.24, 2.45) is 0 Å². The maximum Gasteiger partial charge on any atom is 0.331 e. The van der Waals surface area contributed by atoms with Gasteiger partial charge in [0.05, 0.1) is 22.4 Å². The van der Waals surface area contributed by atoms with Crippen LogP contribution in [0.2, 0.25) is 0 Å². The molecule has 0 radical (unpaired) electrons. The molecular weight excluding hydrogens is 488 g/mol. The van der Waals surface area contributed by atoms with Gasteiger partial charge in [0.15, 0.2) is 0 Å². The predicted octanol–water partition coefficient (Wildman–Crippen LogP) is 5.30. The summed E-state index contributed by atoms with van der Waals surface area (Å²) in [7, 11) is 2.06. The summed E-state index contributed by atoms with van der Waals surface area (Å²) in [4.78, 5) is 40.3. The Labute approximate surface area is 218 Å². The van der Waals surface area contributed by atoms with E-state index in [9.17, 15) is 9.59 Å². The van der Waals surface area contributed by atoms with Gasteiger partial charge in [0, 0.05) is 31.2 Å². The molecule has 9 nitrogen and oxygen atoms in total. The Hall–Kier alpha value is -4.02. The van der Waals surface area contributed by atoms with Gasteiger partial charge in [0.2, 0.25) is 0 Å². The van der Waals surface area contributed by atoms with Crippen LogP contribution in [0.4, 0.5) is 21.9 Å². The van der Waals surface area contributed by atoms with Crippen LogP contribution in [-0.2, 0) is 0 Å². The molecule has 1 aromatic carbocycles. The van der Waals surface area contributed by atoms with E-state index in [4.69, 9.17) is 4.74 Å². The van der Waals surface area contributed by atoms with Gasteiger partial charge in [0.25, 0.3) is 5.91 Å². The van der Waals surface area contributed by atoms with Crippen molar-refractivity contribution in [3.63, 3.8) is 0 Å². The molecule has 10 heteroatoms. The summed E-state index contributed by atoms with van der Waals surface area (Å²) in [5.41, 5.74) is 2.81. The molecule has 6 rings (SSSR count). The minimum Gasteiger partial charge on any atom is -0.457 e. The van der Waals surface area contributed by atoms with Crippen LogP contribution >= 0.6 is 11.3 Å². The van der Waals surface area contributed by atoms with Crippen molar-refractivity contribution >= 4 is 50.6 Å². The number of nitrogens with one attached hydrogen (secondary N) is 2. The lowest BCUT2D eigenvalue weighted by Crippen LogP contribution is -2.46. The summed E-state index contributed by atoms with van der Waals surface area (Å²) in [6.07, 6.45) is 7.01. The lowest BCUT2D eigenvalue weighted by Gasteiger charge is -2.31. The summed E-state index contributed by atoms with van der Waals surface area (Å²) < 4.78 is 5.93. The van der Waals surface area contributed by atoms with Crippen molar-refractivity contribution in [1.29, 1.82) is 0 Å². The van der Waals surface area contributed by atoms with Crippen LogP contribution in [0, 0.1) is 6.92 Å². The van der Waals surface area contributed by atoms with Crippen LogP contribution in [0.25, 0.3) is 10.2 Å². The number of urea groups is 1. The highest BCUT2D eigenvalue weighted by atomic mass is 32.1. The summed E-state index contributed by atoms with van der Waals surface area (Å²) >= 11 is 1.30. The number of anilines is 3. The van der Waals surface area contributed by atoms with Crippen molar-refractivity contribution < 1.29 is 14.3 Å². The first-order valence-corrected chi connectivity index (χ1v) is 13.0. The monoisotopic (exact) mass is 514 g/mol. The van der Waals surface area contributed by atoms with Crippen molar-refractivity contribution in [3.8, 4) is 11.5 Å². The van der Waals surface area contributed by atoms with Crippen molar-refractivity contribution in [3.05, 3.63) is 65.4 Å². The largest absolute Gasteiger partial charge is 0.457 e. The van der Waals surface area contributed by atoms with Crippen LogP contribution in [-0.4, -0.2) is 53.0 Å². The van der Waals surface area contributed by atoms with Crippen molar-refractivity contribution in [2.75, 3.05) is 30.4 Å². The molecule has 188 valence electrons. The quantitative estimate of drug-likeness (QED) is 0.375. The number of aryl methyl sites for hydroxylation is 1. The van der Waals surface area contributed by atoms with Gasteiger partial charge in [-0.2, -0.15) is 0 Å². The smallest absolute Gasteiger partial charge is 0.331 e. The molecule has 2 N–H and O–H groups in total. The van der Waals surface area contributed by atoms with E-state index < -0.39 is 0 Å². The van der Waals surface area contributed by atoms with Crippen LogP contribution in [0.15, 0.2) is 55.0 Å². The number of rotatable bonds is 5. The molecule has 3 amide bonds. The number of carbonyl (C=O) groups excluding carboxylic acids is 2. The molecule has 0 unspecified atom stereocenters. The van der Waals surface area contributed by atoms with E-state index in [0.717, 1.165) is 42.6 Å². The number of aromatic nitrogens is 2. The number of carbonyl (C=O) groups is 2. The number of benzene rings is 1. The summed E-state index contributed by atoms with van der Waals surface area (Å²) in [6.45, 7) is 3.79. The molecule has 0 spiro atoms. The standard InChI is InChI=1S/C27H26N6O3S/c1-16-14-19(36-18-7-10-28-11-8-18)5-6-20(16)33-21-9-12-29-26-22(21)23(31-27(33)35)24(37-26)25(34)30-17-4-3-13-32(2)15-17/h5-12,14,17H,3-4,13,15H2,1-2H3,(H,30,34)(H,31,35)/t17-/m1/s1. The number of amides is 3. The fourth-order valence-electron chi connectivity index (χ4n) is 5.00.